The fraction of sp³-hybridized carbons (Fsp3) is 0.706. The maximum atomic E-state index is 10.4. The highest BCUT2D eigenvalue weighted by Gasteiger charge is 2.41. The van der Waals surface area contributed by atoms with Crippen LogP contribution in [0.3, 0.4) is 0 Å². The number of hydrogen-bond acceptors (Lipinski definition) is 3. The van der Waals surface area contributed by atoms with Crippen LogP contribution in [0.2, 0.25) is 23.3 Å². The van der Waals surface area contributed by atoms with Gasteiger partial charge in [0.25, 0.3) is 0 Å². The zero-order chi connectivity index (χ0) is 16.5. The summed E-state index contributed by atoms with van der Waals surface area (Å²) >= 11 is 5.86. The fourth-order valence-electron chi connectivity index (χ4n) is 2.78. The lowest BCUT2D eigenvalue weighted by atomic mass is 9.81. The van der Waals surface area contributed by atoms with E-state index in [1.165, 1.54) is 0 Å². The molecule has 1 aliphatic rings. The number of rotatable bonds is 3. The largest absolute Gasteiger partial charge is 0.414 e. The molecule has 22 heavy (non-hydrogen) atoms. The second kappa shape index (κ2) is 6.60. The predicted octanol–water partition coefficient (Wildman–Crippen LogP) is 4.75. The Morgan fingerprint density at radius 1 is 1.27 bits per heavy atom. The van der Waals surface area contributed by atoms with Gasteiger partial charge in [0.05, 0.1) is 6.10 Å². The SMILES string of the molecule is CC(C)(C)[Si](C)(C)O[C@H]1CC[C@H](O)[C@@H](c2ccc(Cl)nc2)C1. The highest BCUT2D eigenvalue weighted by Crippen LogP contribution is 2.41. The topological polar surface area (TPSA) is 42.4 Å². The summed E-state index contributed by atoms with van der Waals surface area (Å²) in [5.41, 5.74) is 1.06. The summed E-state index contributed by atoms with van der Waals surface area (Å²) in [6.07, 6.45) is 4.27. The van der Waals surface area contributed by atoms with E-state index in [0.717, 1.165) is 24.8 Å². The summed E-state index contributed by atoms with van der Waals surface area (Å²) in [4.78, 5) is 4.15. The monoisotopic (exact) mass is 341 g/mol. The Bertz CT molecular complexity index is 498. The Morgan fingerprint density at radius 3 is 2.50 bits per heavy atom. The molecule has 0 amide bonds. The van der Waals surface area contributed by atoms with Crippen molar-refractivity contribution < 1.29 is 9.53 Å². The van der Waals surface area contributed by atoms with Gasteiger partial charge >= 0.3 is 0 Å². The molecule has 1 fully saturated rings. The first-order chi connectivity index (χ1) is 10.1. The molecule has 5 heteroatoms. The molecule has 1 saturated carbocycles. The Balaban J connectivity index is 2.10. The van der Waals surface area contributed by atoms with Crippen LogP contribution in [0.5, 0.6) is 0 Å². The van der Waals surface area contributed by atoms with Crippen molar-refractivity contribution >= 4 is 19.9 Å². The smallest absolute Gasteiger partial charge is 0.192 e. The number of aliphatic hydroxyl groups is 1. The third-order valence-electron chi connectivity index (χ3n) is 5.21. The van der Waals surface area contributed by atoms with Crippen molar-refractivity contribution in [1.82, 2.24) is 4.98 Å². The molecule has 0 unspecified atom stereocenters. The van der Waals surface area contributed by atoms with E-state index in [1.807, 2.05) is 6.07 Å². The maximum Gasteiger partial charge on any atom is 0.192 e. The summed E-state index contributed by atoms with van der Waals surface area (Å²) in [5, 5.41) is 11.1. The molecular weight excluding hydrogens is 314 g/mol. The van der Waals surface area contributed by atoms with Crippen LogP contribution >= 0.6 is 11.6 Å². The zero-order valence-electron chi connectivity index (χ0n) is 14.3. The highest BCUT2D eigenvalue weighted by molar-refractivity contribution is 6.74. The maximum absolute atomic E-state index is 10.4. The molecule has 1 aromatic rings. The van der Waals surface area contributed by atoms with Gasteiger partial charge in [0.15, 0.2) is 8.32 Å². The summed E-state index contributed by atoms with van der Waals surface area (Å²) in [6, 6.07) is 3.76. The number of halogens is 1. The minimum absolute atomic E-state index is 0.0910. The Kier molecular flexibility index (Phi) is 5.37. The number of aromatic nitrogens is 1. The van der Waals surface area contributed by atoms with Gasteiger partial charge in [-0.2, -0.15) is 0 Å². The van der Waals surface area contributed by atoms with E-state index in [9.17, 15) is 5.11 Å². The van der Waals surface area contributed by atoms with E-state index in [4.69, 9.17) is 16.0 Å². The van der Waals surface area contributed by atoms with Crippen LogP contribution in [-0.2, 0) is 4.43 Å². The van der Waals surface area contributed by atoms with E-state index in [0.29, 0.717) is 5.15 Å². The number of aliphatic hydroxyl groups excluding tert-OH is 1. The van der Waals surface area contributed by atoms with E-state index < -0.39 is 8.32 Å². The molecule has 3 nitrogen and oxygen atoms in total. The van der Waals surface area contributed by atoms with Crippen molar-refractivity contribution in [3.8, 4) is 0 Å². The average Bonchev–Trinajstić information content (AvgIpc) is 2.40. The quantitative estimate of drug-likeness (QED) is 0.637. The molecule has 0 aliphatic heterocycles. The van der Waals surface area contributed by atoms with Gasteiger partial charge in [0.1, 0.15) is 5.15 Å². The Morgan fingerprint density at radius 2 is 1.95 bits per heavy atom. The molecule has 0 aromatic carbocycles. The van der Waals surface area contributed by atoms with Crippen LogP contribution < -0.4 is 0 Å². The Hall–Kier alpha value is -0.423. The molecule has 0 spiro atoms. The van der Waals surface area contributed by atoms with Crippen molar-refractivity contribution in [3.63, 3.8) is 0 Å². The van der Waals surface area contributed by atoms with Gasteiger partial charge in [0.2, 0.25) is 0 Å². The van der Waals surface area contributed by atoms with Crippen LogP contribution in [0, 0.1) is 0 Å². The average molecular weight is 342 g/mol. The van der Waals surface area contributed by atoms with Crippen molar-refractivity contribution in [1.29, 1.82) is 0 Å². The predicted molar refractivity (Wildman–Crippen MR) is 93.9 cm³/mol. The first-order valence-electron chi connectivity index (χ1n) is 8.07. The zero-order valence-corrected chi connectivity index (χ0v) is 16.0. The molecule has 1 heterocycles. The van der Waals surface area contributed by atoms with Crippen LogP contribution in [0.1, 0.15) is 51.5 Å². The third-order valence-corrected chi connectivity index (χ3v) is 9.97. The van der Waals surface area contributed by atoms with Crippen LogP contribution in [-0.4, -0.2) is 30.6 Å². The molecule has 124 valence electrons. The first-order valence-corrected chi connectivity index (χ1v) is 11.4. The summed E-state index contributed by atoms with van der Waals surface area (Å²) < 4.78 is 6.55. The molecule has 2 rings (SSSR count). The molecule has 0 bridgehead atoms. The standard InChI is InChI=1S/C17H28ClNO2Si/c1-17(2,3)22(4,5)21-13-7-8-15(20)14(10-13)12-6-9-16(18)19-11-12/h6,9,11,13-15,20H,7-8,10H2,1-5H3/t13-,14+,15-/m0/s1. The number of nitrogens with zero attached hydrogens (tertiary/aromatic N) is 1. The second-order valence-electron chi connectivity index (χ2n) is 7.90. The number of pyridine rings is 1. The molecule has 3 atom stereocenters. The van der Waals surface area contributed by atoms with E-state index >= 15 is 0 Å². The van der Waals surface area contributed by atoms with Crippen molar-refractivity contribution in [2.75, 3.05) is 0 Å². The molecular formula is C17H28ClNO2Si. The van der Waals surface area contributed by atoms with Gasteiger partial charge in [-0.05, 0) is 49.0 Å². The molecule has 1 aliphatic carbocycles. The second-order valence-corrected chi connectivity index (χ2v) is 13.0. The third kappa shape index (κ3) is 4.10. The summed E-state index contributed by atoms with van der Waals surface area (Å²) in [5.74, 6) is 0.0910. The molecule has 1 N–H and O–H groups in total. The lowest BCUT2D eigenvalue weighted by Crippen LogP contribution is -2.46. The van der Waals surface area contributed by atoms with Crippen molar-refractivity contribution in [2.24, 2.45) is 0 Å². The van der Waals surface area contributed by atoms with E-state index in [2.05, 4.69) is 38.8 Å². The van der Waals surface area contributed by atoms with Crippen LogP contribution in [0.25, 0.3) is 0 Å². The van der Waals surface area contributed by atoms with Crippen molar-refractivity contribution in [3.05, 3.63) is 29.0 Å². The molecule has 0 saturated heterocycles. The van der Waals surface area contributed by atoms with Gasteiger partial charge in [-0.1, -0.05) is 38.4 Å². The van der Waals surface area contributed by atoms with E-state index in [-0.39, 0.29) is 23.2 Å². The summed E-state index contributed by atoms with van der Waals surface area (Å²) in [7, 11) is -1.77. The lowest BCUT2D eigenvalue weighted by Gasteiger charge is -2.42. The minimum atomic E-state index is -1.77. The molecule has 0 radical (unpaired) electrons. The lowest BCUT2D eigenvalue weighted by molar-refractivity contribution is 0.0407. The first kappa shape index (κ1) is 17.9. The summed E-state index contributed by atoms with van der Waals surface area (Å²) in [6.45, 7) is 11.4. The number of hydrogen-bond donors (Lipinski definition) is 1. The van der Waals surface area contributed by atoms with Crippen molar-refractivity contribution in [2.45, 2.75) is 76.3 Å². The van der Waals surface area contributed by atoms with Gasteiger partial charge in [-0.25, -0.2) is 4.98 Å². The minimum Gasteiger partial charge on any atom is -0.414 e. The van der Waals surface area contributed by atoms with Crippen LogP contribution in [0.15, 0.2) is 18.3 Å². The van der Waals surface area contributed by atoms with Gasteiger partial charge in [-0.15, -0.1) is 0 Å². The fourth-order valence-corrected chi connectivity index (χ4v) is 4.29. The van der Waals surface area contributed by atoms with Gasteiger partial charge in [-0.3, -0.25) is 0 Å². The molecule has 1 aromatic heterocycles. The normalized spacial score (nSPS) is 27.0. The van der Waals surface area contributed by atoms with Gasteiger partial charge < -0.3 is 9.53 Å². The highest BCUT2D eigenvalue weighted by atomic mass is 35.5. The van der Waals surface area contributed by atoms with Crippen LogP contribution in [0.4, 0.5) is 0 Å². The van der Waals surface area contributed by atoms with Gasteiger partial charge in [0, 0.05) is 18.2 Å². The Labute approximate surface area is 140 Å². The van der Waals surface area contributed by atoms with E-state index in [1.54, 1.807) is 12.3 Å².